The summed E-state index contributed by atoms with van der Waals surface area (Å²) in [4.78, 5) is 27.8. The number of nitrogens with one attached hydrogen (secondary N) is 1. The van der Waals surface area contributed by atoms with Crippen LogP contribution >= 0.6 is 0 Å². The van der Waals surface area contributed by atoms with Crippen molar-refractivity contribution in [3.8, 4) is 5.75 Å². The Kier molecular flexibility index (Phi) is 4.16. The van der Waals surface area contributed by atoms with Gasteiger partial charge >= 0.3 is 0 Å². The number of para-hydroxylation sites is 1. The molecule has 5 rings (SSSR count). The lowest BCUT2D eigenvalue weighted by Gasteiger charge is -2.55. The zero-order valence-electron chi connectivity index (χ0n) is 16.9. The topological polar surface area (TPSA) is 58.6 Å². The third-order valence-corrected chi connectivity index (χ3v) is 6.36. The van der Waals surface area contributed by atoms with Crippen molar-refractivity contribution in [3.63, 3.8) is 0 Å². The van der Waals surface area contributed by atoms with Crippen LogP contribution in [0.2, 0.25) is 0 Å². The minimum absolute atomic E-state index is 0.0573. The van der Waals surface area contributed by atoms with E-state index in [-0.39, 0.29) is 17.2 Å². The minimum Gasteiger partial charge on any atom is -0.480 e. The zero-order valence-corrected chi connectivity index (χ0v) is 16.9. The van der Waals surface area contributed by atoms with Gasteiger partial charge in [0.2, 0.25) is 0 Å². The van der Waals surface area contributed by atoms with Crippen LogP contribution in [0.3, 0.4) is 0 Å². The minimum atomic E-state index is -0.540. The van der Waals surface area contributed by atoms with Crippen LogP contribution in [-0.2, 0) is 11.2 Å². The maximum atomic E-state index is 13.1. The number of ether oxygens (including phenoxy) is 1. The molecule has 3 aliphatic rings. The highest BCUT2D eigenvalue weighted by atomic mass is 16.5. The molecule has 2 heterocycles. The number of fused-ring (bicyclic) bond motifs is 1. The van der Waals surface area contributed by atoms with Crippen molar-refractivity contribution in [1.29, 1.82) is 0 Å². The van der Waals surface area contributed by atoms with Crippen LogP contribution in [0.15, 0.2) is 48.5 Å². The first-order chi connectivity index (χ1) is 13.9. The van der Waals surface area contributed by atoms with Crippen molar-refractivity contribution in [2.45, 2.75) is 45.3 Å². The van der Waals surface area contributed by atoms with Crippen molar-refractivity contribution >= 4 is 17.5 Å². The van der Waals surface area contributed by atoms with Gasteiger partial charge in [0.15, 0.2) is 6.10 Å². The second-order valence-corrected chi connectivity index (χ2v) is 9.19. The van der Waals surface area contributed by atoms with Gasteiger partial charge in [0.1, 0.15) is 5.75 Å². The van der Waals surface area contributed by atoms with Gasteiger partial charge in [-0.25, -0.2) is 0 Å². The van der Waals surface area contributed by atoms with E-state index in [4.69, 9.17) is 4.74 Å². The summed E-state index contributed by atoms with van der Waals surface area (Å²) in [6.45, 7) is 5.28. The van der Waals surface area contributed by atoms with Gasteiger partial charge in [0, 0.05) is 35.7 Å². The Bertz CT molecular complexity index is 955. The lowest BCUT2D eigenvalue weighted by atomic mass is 9.72. The Balaban J connectivity index is 1.27. The molecule has 150 valence electrons. The van der Waals surface area contributed by atoms with Crippen molar-refractivity contribution in [3.05, 3.63) is 59.7 Å². The quantitative estimate of drug-likeness (QED) is 0.862. The molecular weight excluding hydrogens is 364 g/mol. The summed E-state index contributed by atoms with van der Waals surface area (Å²) < 4.78 is 5.77. The smallest absolute Gasteiger partial charge is 0.265 e. The van der Waals surface area contributed by atoms with E-state index in [1.165, 1.54) is 12.8 Å². The first-order valence-corrected chi connectivity index (χ1v) is 10.4. The summed E-state index contributed by atoms with van der Waals surface area (Å²) in [5, 5.41) is 2.92. The Labute approximate surface area is 171 Å². The van der Waals surface area contributed by atoms with E-state index in [1.807, 2.05) is 47.4 Å². The number of nitrogens with zero attached hydrogens (tertiary/aromatic N) is 1. The molecule has 0 aromatic heterocycles. The number of amides is 2. The summed E-state index contributed by atoms with van der Waals surface area (Å²) in [6.07, 6.45) is 2.46. The molecule has 2 amide bonds. The monoisotopic (exact) mass is 390 g/mol. The van der Waals surface area contributed by atoms with Crippen molar-refractivity contribution in [2.24, 2.45) is 11.3 Å². The third-order valence-electron chi connectivity index (χ3n) is 6.36. The highest BCUT2D eigenvalue weighted by molar-refractivity contribution is 5.99. The normalized spacial score (nSPS) is 24.3. The number of hydrogen-bond acceptors (Lipinski definition) is 3. The lowest BCUT2D eigenvalue weighted by Crippen LogP contribution is -2.64. The van der Waals surface area contributed by atoms with Crippen LogP contribution in [0, 0.1) is 11.3 Å². The summed E-state index contributed by atoms with van der Waals surface area (Å²) in [5.74, 6) is 1.28. The van der Waals surface area contributed by atoms with Crippen LogP contribution in [0.5, 0.6) is 5.75 Å². The van der Waals surface area contributed by atoms with Gasteiger partial charge in [0.25, 0.3) is 11.8 Å². The fourth-order valence-electron chi connectivity index (χ4n) is 4.89. The highest BCUT2D eigenvalue weighted by Gasteiger charge is 2.54. The Morgan fingerprint density at radius 2 is 1.90 bits per heavy atom. The van der Waals surface area contributed by atoms with E-state index >= 15 is 0 Å². The van der Waals surface area contributed by atoms with Crippen LogP contribution in [0.4, 0.5) is 5.69 Å². The largest absolute Gasteiger partial charge is 0.480 e. The average Bonchev–Trinajstić information content (AvgIpc) is 3.40. The average molecular weight is 390 g/mol. The molecule has 5 heteroatoms. The maximum Gasteiger partial charge on any atom is 0.265 e. The third kappa shape index (κ3) is 3.28. The number of carbonyl (C=O) groups excluding carboxylic acids is 2. The van der Waals surface area contributed by atoms with E-state index in [9.17, 15) is 9.59 Å². The number of benzene rings is 2. The molecule has 1 N–H and O–H groups in total. The molecule has 2 aliphatic heterocycles. The van der Waals surface area contributed by atoms with Crippen molar-refractivity contribution < 1.29 is 14.3 Å². The van der Waals surface area contributed by atoms with E-state index in [1.54, 1.807) is 6.07 Å². The second-order valence-electron chi connectivity index (χ2n) is 9.19. The Morgan fingerprint density at radius 1 is 1.10 bits per heavy atom. The number of carbonyl (C=O) groups is 2. The molecule has 1 saturated carbocycles. The van der Waals surface area contributed by atoms with Gasteiger partial charge < -0.3 is 15.0 Å². The van der Waals surface area contributed by atoms with Gasteiger partial charge in [0.05, 0.1) is 0 Å². The number of hydrogen-bond donors (Lipinski definition) is 1. The van der Waals surface area contributed by atoms with E-state index in [0.29, 0.717) is 29.6 Å². The molecule has 5 nitrogen and oxygen atoms in total. The van der Waals surface area contributed by atoms with Crippen LogP contribution in [0.1, 0.15) is 42.6 Å². The molecule has 2 aromatic rings. The van der Waals surface area contributed by atoms with Crippen molar-refractivity contribution in [1.82, 2.24) is 4.90 Å². The molecule has 0 spiro atoms. The molecule has 2 aromatic carbocycles. The molecule has 2 atom stereocenters. The molecule has 2 fully saturated rings. The van der Waals surface area contributed by atoms with E-state index in [2.05, 4.69) is 19.2 Å². The molecule has 0 bridgehead atoms. The fourth-order valence-corrected chi connectivity index (χ4v) is 4.89. The first-order valence-electron chi connectivity index (χ1n) is 10.4. The number of rotatable bonds is 4. The number of anilines is 1. The van der Waals surface area contributed by atoms with Gasteiger partial charge in [-0.3, -0.25) is 9.59 Å². The summed E-state index contributed by atoms with van der Waals surface area (Å²) in [7, 11) is 0. The van der Waals surface area contributed by atoms with Crippen LogP contribution in [0.25, 0.3) is 0 Å². The first kappa shape index (κ1) is 18.2. The maximum absolute atomic E-state index is 13.1. The van der Waals surface area contributed by atoms with Gasteiger partial charge in [-0.1, -0.05) is 38.1 Å². The number of likely N-dealkylation sites (tertiary alicyclic amines) is 1. The Morgan fingerprint density at radius 3 is 2.62 bits per heavy atom. The fraction of sp³-hybridized carbons (Fsp3) is 0.417. The van der Waals surface area contributed by atoms with Crippen LogP contribution < -0.4 is 10.1 Å². The molecule has 1 saturated heterocycles. The molecule has 0 radical (unpaired) electrons. The van der Waals surface area contributed by atoms with E-state index in [0.717, 1.165) is 17.9 Å². The Hall–Kier alpha value is -2.82. The standard InChI is InChI=1S/C24H26N2O3/c1-24(2)14-26(21(24)15-10-11-15)23(28)17-7-5-8-18(12-17)25-22(27)20-13-16-6-3-4-9-19(16)29-20/h3-9,12,15,20-21H,10-11,13-14H2,1-2H3,(H,25,27). The molecule has 29 heavy (non-hydrogen) atoms. The van der Waals surface area contributed by atoms with Gasteiger partial charge in [-0.05, 0) is 48.6 Å². The second kappa shape index (κ2) is 6.61. The molecule has 1 aliphatic carbocycles. The SMILES string of the molecule is CC1(C)CN(C(=O)c2cccc(NC(=O)C3Cc4ccccc4O3)c2)C1C1CC1. The van der Waals surface area contributed by atoms with Gasteiger partial charge in [-0.2, -0.15) is 0 Å². The predicted octanol–water partition coefficient (Wildman–Crippen LogP) is 3.89. The lowest BCUT2D eigenvalue weighted by molar-refractivity contribution is -0.122. The van der Waals surface area contributed by atoms with Crippen LogP contribution in [-0.4, -0.2) is 35.4 Å². The highest BCUT2D eigenvalue weighted by Crippen LogP contribution is 2.50. The predicted molar refractivity (Wildman–Crippen MR) is 111 cm³/mol. The summed E-state index contributed by atoms with van der Waals surface area (Å²) in [5.41, 5.74) is 2.49. The van der Waals surface area contributed by atoms with Crippen molar-refractivity contribution in [2.75, 3.05) is 11.9 Å². The molecule has 2 unspecified atom stereocenters. The summed E-state index contributed by atoms with van der Waals surface area (Å²) >= 11 is 0. The zero-order chi connectivity index (χ0) is 20.2. The van der Waals surface area contributed by atoms with Gasteiger partial charge in [-0.15, -0.1) is 0 Å². The van der Waals surface area contributed by atoms with E-state index < -0.39 is 6.10 Å². The summed E-state index contributed by atoms with van der Waals surface area (Å²) in [6, 6.07) is 15.3. The molecular formula is C24H26N2O3.